The quantitative estimate of drug-likeness (QED) is 0.845. The number of benzene rings is 1. The molecule has 2 N–H and O–H groups in total. The van der Waals surface area contributed by atoms with Gasteiger partial charge in [-0.3, -0.25) is 4.79 Å². The summed E-state index contributed by atoms with van der Waals surface area (Å²) in [5, 5.41) is 19.3. The number of hydrogen-bond acceptors (Lipinski definition) is 2. The fourth-order valence-corrected chi connectivity index (χ4v) is 2.06. The average Bonchev–Trinajstić information content (AvgIpc) is 2.26. The lowest BCUT2D eigenvalue weighted by Crippen LogP contribution is -2.24. The van der Waals surface area contributed by atoms with Crippen LogP contribution in [0.4, 0.5) is 0 Å². The summed E-state index contributed by atoms with van der Waals surface area (Å²) >= 11 is 0. The molecule has 0 fully saturated rings. The second-order valence-corrected chi connectivity index (χ2v) is 4.74. The van der Waals surface area contributed by atoms with Gasteiger partial charge in [0.1, 0.15) is 0 Å². The molecular weight excluding hydrogens is 216 g/mol. The van der Waals surface area contributed by atoms with Crippen LogP contribution in [-0.2, 0) is 4.79 Å². The van der Waals surface area contributed by atoms with Crippen molar-refractivity contribution in [2.45, 2.75) is 33.8 Å². The Bertz CT molecular complexity index is 392. The van der Waals surface area contributed by atoms with Crippen LogP contribution in [0.2, 0.25) is 0 Å². The highest BCUT2D eigenvalue weighted by molar-refractivity contribution is 5.70. The van der Waals surface area contributed by atoms with Crippen LogP contribution >= 0.6 is 0 Å². The van der Waals surface area contributed by atoms with Crippen LogP contribution in [0.5, 0.6) is 0 Å². The molecule has 0 saturated heterocycles. The van der Waals surface area contributed by atoms with Crippen LogP contribution in [0.1, 0.15) is 36.6 Å². The van der Waals surface area contributed by atoms with E-state index < -0.39 is 18.0 Å². The van der Waals surface area contributed by atoms with Gasteiger partial charge in [0.2, 0.25) is 0 Å². The molecule has 0 spiro atoms. The molecular formula is C14H20O3. The zero-order chi connectivity index (χ0) is 13.2. The Morgan fingerprint density at radius 3 is 2.06 bits per heavy atom. The van der Waals surface area contributed by atoms with Gasteiger partial charge in [0, 0.05) is 0 Å². The summed E-state index contributed by atoms with van der Waals surface area (Å²) in [6.45, 7) is 7.27. The molecule has 1 rings (SSSR count). The average molecular weight is 236 g/mol. The molecule has 0 saturated carbocycles. The first-order valence-corrected chi connectivity index (χ1v) is 5.83. The number of carboxylic acids is 1. The van der Waals surface area contributed by atoms with E-state index in [1.165, 1.54) is 0 Å². The summed E-state index contributed by atoms with van der Waals surface area (Å²) in [4.78, 5) is 10.9. The molecule has 3 atom stereocenters. The van der Waals surface area contributed by atoms with E-state index in [-0.39, 0.29) is 5.92 Å². The van der Waals surface area contributed by atoms with Gasteiger partial charge in [0.25, 0.3) is 0 Å². The predicted molar refractivity (Wildman–Crippen MR) is 66.8 cm³/mol. The van der Waals surface area contributed by atoms with Gasteiger partial charge in [-0.05, 0) is 36.5 Å². The summed E-state index contributed by atoms with van der Waals surface area (Å²) in [6, 6.07) is 5.81. The number of carboxylic acid groups (broad SMARTS) is 1. The fraction of sp³-hybridized carbons (Fsp3) is 0.500. The molecule has 1 aromatic carbocycles. The molecule has 17 heavy (non-hydrogen) atoms. The van der Waals surface area contributed by atoms with Crippen LogP contribution < -0.4 is 0 Å². The van der Waals surface area contributed by atoms with E-state index in [9.17, 15) is 9.90 Å². The van der Waals surface area contributed by atoms with Crippen LogP contribution in [0.15, 0.2) is 18.2 Å². The van der Waals surface area contributed by atoms with Crippen LogP contribution in [0.3, 0.4) is 0 Å². The molecule has 1 aromatic rings. The maximum atomic E-state index is 10.9. The maximum Gasteiger partial charge on any atom is 0.306 e. The number of aliphatic carboxylic acids is 1. The van der Waals surface area contributed by atoms with Crippen LogP contribution in [-0.4, -0.2) is 16.2 Å². The van der Waals surface area contributed by atoms with E-state index in [0.29, 0.717) is 0 Å². The molecule has 0 amide bonds. The van der Waals surface area contributed by atoms with Gasteiger partial charge in [-0.15, -0.1) is 0 Å². The molecule has 3 heteroatoms. The Morgan fingerprint density at radius 2 is 1.65 bits per heavy atom. The number of rotatable bonds is 4. The van der Waals surface area contributed by atoms with Crippen molar-refractivity contribution < 1.29 is 15.0 Å². The predicted octanol–water partition coefficient (Wildman–Crippen LogP) is 2.69. The van der Waals surface area contributed by atoms with Crippen molar-refractivity contribution in [2.24, 2.45) is 11.8 Å². The maximum absolute atomic E-state index is 10.9. The Balaban J connectivity index is 3.04. The van der Waals surface area contributed by atoms with E-state index in [1.54, 1.807) is 13.8 Å². The van der Waals surface area contributed by atoms with Crippen molar-refractivity contribution in [3.05, 3.63) is 34.9 Å². The van der Waals surface area contributed by atoms with Gasteiger partial charge < -0.3 is 10.2 Å². The van der Waals surface area contributed by atoms with Crippen molar-refractivity contribution in [1.82, 2.24) is 0 Å². The van der Waals surface area contributed by atoms with E-state index in [0.717, 1.165) is 16.7 Å². The first-order valence-electron chi connectivity index (χ1n) is 5.83. The largest absolute Gasteiger partial charge is 0.481 e. The zero-order valence-corrected chi connectivity index (χ0v) is 10.8. The summed E-state index contributed by atoms with van der Waals surface area (Å²) < 4.78 is 0. The lowest BCUT2D eigenvalue weighted by Gasteiger charge is -2.25. The molecule has 0 radical (unpaired) electrons. The lowest BCUT2D eigenvalue weighted by molar-refractivity contribution is -0.144. The van der Waals surface area contributed by atoms with E-state index >= 15 is 0 Å². The van der Waals surface area contributed by atoms with Crippen molar-refractivity contribution in [3.8, 4) is 0 Å². The second-order valence-electron chi connectivity index (χ2n) is 4.74. The van der Waals surface area contributed by atoms with Crippen molar-refractivity contribution >= 4 is 5.97 Å². The Labute approximate surface area is 102 Å². The molecule has 0 aliphatic heterocycles. The minimum absolute atomic E-state index is 0.313. The third-order valence-corrected chi connectivity index (χ3v) is 3.51. The Kier molecular flexibility index (Phi) is 4.29. The third-order valence-electron chi connectivity index (χ3n) is 3.51. The molecule has 94 valence electrons. The van der Waals surface area contributed by atoms with Gasteiger partial charge in [-0.2, -0.15) is 0 Å². The molecule has 0 aliphatic carbocycles. The van der Waals surface area contributed by atoms with Gasteiger partial charge in [0.15, 0.2) is 0 Å². The molecule has 0 bridgehead atoms. The molecule has 3 unspecified atom stereocenters. The third kappa shape index (κ3) is 2.86. The number of aliphatic hydroxyl groups excluding tert-OH is 1. The minimum atomic E-state index is -0.872. The standard InChI is InChI=1S/C14H20O3/c1-8-6-5-7-9(2)12(8)13(15)10(3)11(4)14(16)17/h5-7,10-11,13,15H,1-4H3,(H,16,17). The normalized spacial score (nSPS) is 16.3. The first kappa shape index (κ1) is 13.7. The number of aryl methyl sites for hydroxylation is 2. The SMILES string of the molecule is Cc1cccc(C)c1C(O)C(C)C(C)C(=O)O. The topological polar surface area (TPSA) is 57.5 Å². The zero-order valence-electron chi connectivity index (χ0n) is 10.8. The van der Waals surface area contributed by atoms with Crippen molar-refractivity contribution in [1.29, 1.82) is 0 Å². The van der Waals surface area contributed by atoms with Crippen molar-refractivity contribution in [2.75, 3.05) is 0 Å². The van der Waals surface area contributed by atoms with Gasteiger partial charge >= 0.3 is 5.97 Å². The highest BCUT2D eigenvalue weighted by atomic mass is 16.4. The van der Waals surface area contributed by atoms with Crippen molar-refractivity contribution in [3.63, 3.8) is 0 Å². The molecule has 3 nitrogen and oxygen atoms in total. The summed E-state index contributed by atoms with van der Waals surface area (Å²) in [7, 11) is 0. The first-order chi connectivity index (χ1) is 7.86. The second kappa shape index (κ2) is 5.32. The lowest BCUT2D eigenvalue weighted by atomic mass is 9.84. The monoisotopic (exact) mass is 236 g/mol. The Hall–Kier alpha value is -1.35. The number of hydrogen-bond donors (Lipinski definition) is 2. The summed E-state index contributed by atoms with van der Waals surface area (Å²) in [5.74, 6) is -1.75. The number of aliphatic hydroxyl groups is 1. The van der Waals surface area contributed by atoms with Gasteiger partial charge in [-0.1, -0.05) is 32.0 Å². The van der Waals surface area contributed by atoms with Gasteiger partial charge in [0.05, 0.1) is 12.0 Å². The van der Waals surface area contributed by atoms with Crippen LogP contribution in [0.25, 0.3) is 0 Å². The van der Waals surface area contributed by atoms with E-state index in [2.05, 4.69) is 0 Å². The highest BCUT2D eigenvalue weighted by Gasteiger charge is 2.28. The summed E-state index contributed by atoms with van der Waals surface area (Å²) in [6.07, 6.45) is -0.734. The molecule has 0 heterocycles. The smallest absolute Gasteiger partial charge is 0.306 e. The minimum Gasteiger partial charge on any atom is -0.481 e. The summed E-state index contributed by atoms with van der Waals surface area (Å²) in [5.41, 5.74) is 2.86. The highest BCUT2D eigenvalue weighted by Crippen LogP contribution is 2.31. The fourth-order valence-electron chi connectivity index (χ4n) is 2.06. The molecule has 0 aromatic heterocycles. The van der Waals surface area contributed by atoms with Gasteiger partial charge in [-0.25, -0.2) is 0 Å². The molecule has 0 aliphatic rings. The van der Waals surface area contributed by atoms with Crippen LogP contribution in [0, 0.1) is 25.7 Å². The number of carbonyl (C=O) groups is 1. The van der Waals surface area contributed by atoms with E-state index in [1.807, 2.05) is 32.0 Å². The van der Waals surface area contributed by atoms with E-state index in [4.69, 9.17) is 5.11 Å². The Morgan fingerprint density at radius 1 is 1.18 bits per heavy atom.